The number of nitrogens with two attached hydrogens (primary N) is 1. The molecule has 0 aliphatic rings. The molecule has 1 atom stereocenters. The zero-order valence-electron chi connectivity index (χ0n) is 7.64. The van der Waals surface area contributed by atoms with Crippen LogP contribution in [-0.2, 0) is 11.2 Å². The highest BCUT2D eigenvalue weighted by Crippen LogP contribution is 2.25. The van der Waals surface area contributed by atoms with Crippen LogP contribution >= 0.6 is 11.3 Å². The fourth-order valence-electron chi connectivity index (χ4n) is 1.42. The van der Waals surface area contributed by atoms with Gasteiger partial charge in [0.1, 0.15) is 6.29 Å². The van der Waals surface area contributed by atoms with Crippen molar-refractivity contribution in [3.63, 3.8) is 0 Å². The summed E-state index contributed by atoms with van der Waals surface area (Å²) in [4.78, 5) is 11.6. The Hall–Kier alpha value is -1.19. The molecule has 3 heteroatoms. The number of thiophene rings is 1. The summed E-state index contributed by atoms with van der Waals surface area (Å²) < 4.78 is 1.25. The van der Waals surface area contributed by atoms with Crippen molar-refractivity contribution in [2.45, 2.75) is 12.5 Å². The number of fused-ring (bicyclic) bond motifs is 1. The Kier molecular flexibility index (Phi) is 2.61. The second-order valence-electron chi connectivity index (χ2n) is 3.25. The van der Waals surface area contributed by atoms with Crippen molar-refractivity contribution in [3.05, 3.63) is 35.2 Å². The first-order valence-corrected chi connectivity index (χ1v) is 5.29. The van der Waals surface area contributed by atoms with Crippen LogP contribution in [0.1, 0.15) is 4.88 Å². The summed E-state index contributed by atoms with van der Waals surface area (Å²) in [6.07, 6.45) is 1.44. The quantitative estimate of drug-likeness (QED) is 0.778. The maximum atomic E-state index is 10.4. The highest BCUT2D eigenvalue weighted by molar-refractivity contribution is 7.19. The Morgan fingerprint density at radius 1 is 1.43 bits per heavy atom. The summed E-state index contributed by atoms with van der Waals surface area (Å²) in [5.74, 6) is 0. The molecule has 2 rings (SSSR count). The molecule has 72 valence electrons. The number of rotatable bonds is 3. The molecule has 14 heavy (non-hydrogen) atoms. The minimum absolute atomic E-state index is 0.372. The van der Waals surface area contributed by atoms with Gasteiger partial charge in [0.25, 0.3) is 0 Å². The van der Waals surface area contributed by atoms with E-state index in [-0.39, 0.29) is 6.04 Å². The summed E-state index contributed by atoms with van der Waals surface area (Å²) in [7, 11) is 0. The van der Waals surface area contributed by atoms with E-state index < -0.39 is 0 Å². The van der Waals surface area contributed by atoms with Crippen molar-refractivity contribution in [2.75, 3.05) is 0 Å². The second-order valence-corrected chi connectivity index (χ2v) is 4.42. The lowest BCUT2D eigenvalue weighted by Gasteiger charge is -1.98. The number of benzene rings is 1. The molecule has 0 aliphatic carbocycles. The molecule has 2 aromatic rings. The molecule has 1 aromatic heterocycles. The summed E-state index contributed by atoms with van der Waals surface area (Å²) >= 11 is 1.70. The third-order valence-corrected chi connectivity index (χ3v) is 3.23. The maximum absolute atomic E-state index is 10.4. The van der Waals surface area contributed by atoms with E-state index in [1.807, 2.05) is 12.1 Å². The zero-order valence-corrected chi connectivity index (χ0v) is 8.46. The highest BCUT2D eigenvalue weighted by atomic mass is 32.1. The van der Waals surface area contributed by atoms with Gasteiger partial charge < -0.3 is 10.5 Å². The van der Waals surface area contributed by atoms with Gasteiger partial charge in [-0.25, -0.2) is 0 Å². The van der Waals surface area contributed by atoms with Crippen LogP contribution < -0.4 is 5.73 Å². The van der Waals surface area contributed by atoms with Gasteiger partial charge in [-0.2, -0.15) is 0 Å². The molecule has 2 N–H and O–H groups in total. The van der Waals surface area contributed by atoms with E-state index in [0.717, 1.165) is 6.29 Å². The first-order chi connectivity index (χ1) is 6.79. The van der Waals surface area contributed by atoms with Crippen molar-refractivity contribution in [2.24, 2.45) is 5.73 Å². The number of hydrogen-bond acceptors (Lipinski definition) is 3. The molecule has 0 amide bonds. The van der Waals surface area contributed by atoms with Crippen LogP contribution in [0.4, 0.5) is 0 Å². The molecule has 1 unspecified atom stereocenters. The van der Waals surface area contributed by atoms with E-state index in [1.54, 1.807) is 11.3 Å². The van der Waals surface area contributed by atoms with Crippen LogP contribution in [0.15, 0.2) is 30.3 Å². The lowest BCUT2D eigenvalue weighted by Crippen LogP contribution is -2.23. The van der Waals surface area contributed by atoms with Crippen molar-refractivity contribution < 1.29 is 4.79 Å². The minimum Gasteiger partial charge on any atom is -0.321 e. The summed E-state index contributed by atoms with van der Waals surface area (Å²) in [5.41, 5.74) is 5.57. The molecule has 0 saturated heterocycles. The van der Waals surface area contributed by atoms with Crippen LogP contribution in [-0.4, -0.2) is 12.3 Å². The molecule has 0 radical (unpaired) electrons. The van der Waals surface area contributed by atoms with Crippen molar-refractivity contribution in [1.29, 1.82) is 0 Å². The average Bonchev–Trinajstić information content (AvgIpc) is 2.59. The van der Waals surface area contributed by atoms with E-state index in [4.69, 9.17) is 5.73 Å². The normalized spacial score (nSPS) is 12.9. The highest BCUT2D eigenvalue weighted by Gasteiger charge is 2.05. The molecule has 0 saturated carbocycles. The van der Waals surface area contributed by atoms with Gasteiger partial charge in [0, 0.05) is 16.0 Å². The zero-order chi connectivity index (χ0) is 9.97. The maximum Gasteiger partial charge on any atom is 0.137 e. The largest absolute Gasteiger partial charge is 0.321 e. The van der Waals surface area contributed by atoms with Gasteiger partial charge in [-0.05, 0) is 17.5 Å². The Bertz CT molecular complexity index is 416. The van der Waals surface area contributed by atoms with Crippen LogP contribution in [0.25, 0.3) is 10.1 Å². The smallest absolute Gasteiger partial charge is 0.137 e. The number of hydrogen-bond donors (Lipinski definition) is 1. The Labute approximate surface area is 86.3 Å². The molecular weight excluding hydrogens is 194 g/mol. The van der Waals surface area contributed by atoms with Crippen molar-refractivity contribution >= 4 is 27.7 Å². The molecular formula is C11H11NOS. The number of aldehydes is 1. The topological polar surface area (TPSA) is 43.1 Å². The number of carbonyl (C=O) groups excluding carboxylic acids is 1. The molecule has 1 heterocycles. The van der Waals surface area contributed by atoms with Gasteiger partial charge in [-0.15, -0.1) is 11.3 Å². The first kappa shape index (κ1) is 9.37. The SMILES string of the molecule is NC(C=O)Cc1cc2ccccc2s1. The van der Waals surface area contributed by atoms with Gasteiger partial charge in [0.2, 0.25) is 0 Å². The van der Waals surface area contributed by atoms with Gasteiger partial charge in [0.15, 0.2) is 0 Å². The Balaban J connectivity index is 2.31. The van der Waals surface area contributed by atoms with Gasteiger partial charge in [0.05, 0.1) is 6.04 Å². The summed E-state index contributed by atoms with van der Waals surface area (Å²) in [6.45, 7) is 0. The van der Waals surface area contributed by atoms with Gasteiger partial charge in [-0.3, -0.25) is 0 Å². The predicted molar refractivity (Wildman–Crippen MR) is 59.6 cm³/mol. The molecule has 2 nitrogen and oxygen atoms in total. The van der Waals surface area contributed by atoms with E-state index >= 15 is 0 Å². The predicted octanol–water partition coefficient (Wildman–Crippen LogP) is 1.97. The van der Waals surface area contributed by atoms with Gasteiger partial charge in [-0.1, -0.05) is 18.2 Å². The molecule has 0 fully saturated rings. The molecule has 0 spiro atoms. The summed E-state index contributed by atoms with van der Waals surface area (Å²) in [6, 6.07) is 9.91. The van der Waals surface area contributed by atoms with E-state index in [0.29, 0.717) is 6.42 Å². The summed E-state index contributed by atoms with van der Waals surface area (Å²) in [5, 5.41) is 1.23. The van der Waals surface area contributed by atoms with Gasteiger partial charge >= 0.3 is 0 Å². The standard InChI is InChI=1S/C11H11NOS/c12-9(7-13)6-10-5-8-3-1-2-4-11(8)14-10/h1-5,7,9H,6,12H2. The fraction of sp³-hybridized carbons (Fsp3) is 0.182. The third-order valence-electron chi connectivity index (χ3n) is 2.09. The van der Waals surface area contributed by atoms with E-state index in [1.165, 1.54) is 15.0 Å². The molecule has 0 bridgehead atoms. The van der Waals surface area contributed by atoms with Crippen LogP contribution in [0.2, 0.25) is 0 Å². The van der Waals surface area contributed by atoms with Crippen LogP contribution in [0, 0.1) is 0 Å². The minimum atomic E-state index is -0.372. The first-order valence-electron chi connectivity index (χ1n) is 4.48. The van der Waals surface area contributed by atoms with E-state index in [2.05, 4.69) is 18.2 Å². The number of carbonyl (C=O) groups is 1. The van der Waals surface area contributed by atoms with Crippen molar-refractivity contribution in [3.8, 4) is 0 Å². The monoisotopic (exact) mass is 205 g/mol. The van der Waals surface area contributed by atoms with Crippen LogP contribution in [0.3, 0.4) is 0 Å². The van der Waals surface area contributed by atoms with Crippen molar-refractivity contribution in [1.82, 2.24) is 0 Å². The average molecular weight is 205 g/mol. The van der Waals surface area contributed by atoms with E-state index in [9.17, 15) is 4.79 Å². The Morgan fingerprint density at radius 3 is 2.93 bits per heavy atom. The fourth-order valence-corrected chi connectivity index (χ4v) is 2.55. The second kappa shape index (κ2) is 3.90. The van der Waals surface area contributed by atoms with Crippen LogP contribution in [0.5, 0.6) is 0 Å². The lowest BCUT2D eigenvalue weighted by molar-refractivity contribution is -0.108. The third kappa shape index (κ3) is 1.84. The molecule has 0 aliphatic heterocycles. The molecule has 1 aromatic carbocycles. The Morgan fingerprint density at radius 2 is 2.21 bits per heavy atom. The lowest BCUT2D eigenvalue weighted by atomic mass is 10.2.